The van der Waals surface area contributed by atoms with Crippen molar-refractivity contribution >= 4 is 28.5 Å². The maximum absolute atomic E-state index is 10.4. The highest BCUT2D eigenvalue weighted by atomic mass is 35.5. The number of carboxylic acid groups (broad SMARTS) is 1. The van der Waals surface area contributed by atoms with Gasteiger partial charge in [0, 0.05) is 11.8 Å². The summed E-state index contributed by atoms with van der Waals surface area (Å²) in [4.78, 5) is 10.4. The predicted octanol–water partition coefficient (Wildman–Crippen LogP) is 2.62. The highest BCUT2D eigenvalue weighted by Gasteiger charge is 2.08. The van der Waals surface area contributed by atoms with E-state index in [1.807, 2.05) is 18.2 Å². The van der Waals surface area contributed by atoms with E-state index < -0.39 is 5.97 Å². The number of carbonyl (C=O) groups is 1. The molecule has 0 aliphatic rings. The number of carboxylic acids is 1. The van der Waals surface area contributed by atoms with Crippen LogP contribution in [0.1, 0.15) is 18.4 Å². The molecule has 0 spiro atoms. The molecule has 0 bridgehead atoms. The summed E-state index contributed by atoms with van der Waals surface area (Å²) in [5.74, 6) is -0.773. The number of hydrogen-bond donors (Lipinski definition) is 2. The first kappa shape index (κ1) is 11.0. The van der Waals surface area contributed by atoms with E-state index in [4.69, 9.17) is 16.7 Å². The second-order valence-electron chi connectivity index (χ2n) is 3.60. The Bertz CT molecular complexity index is 522. The molecule has 16 heavy (non-hydrogen) atoms. The van der Waals surface area contributed by atoms with Crippen LogP contribution in [0.5, 0.6) is 0 Å². The molecule has 0 aliphatic carbocycles. The molecule has 0 saturated carbocycles. The minimum absolute atomic E-state index is 0.172. The number of aromatic nitrogens is 2. The van der Waals surface area contributed by atoms with Crippen LogP contribution in [0, 0.1) is 0 Å². The van der Waals surface area contributed by atoms with Crippen molar-refractivity contribution < 1.29 is 9.90 Å². The van der Waals surface area contributed by atoms with Crippen LogP contribution in [0.4, 0.5) is 0 Å². The lowest BCUT2D eigenvalue weighted by Gasteiger charge is -2.01. The van der Waals surface area contributed by atoms with Gasteiger partial charge < -0.3 is 5.11 Å². The highest BCUT2D eigenvalue weighted by Crippen LogP contribution is 2.25. The largest absolute Gasteiger partial charge is 0.481 e. The van der Waals surface area contributed by atoms with Crippen LogP contribution in [0.15, 0.2) is 18.2 Å². The van der Waals surface area contributed by atoms with Crippen LogP contribution in [-0.4, -0.2) is 21.3 Å². The van der Waals surface area contributed by atoms with E-state index in [2.05, 4.69) is 10.2 Å². The van der Waals surface area contributed by atoms with E-state index in [1.165, 1.54) is 0 Å². The number of aromatic amines is 1. The lowest BCUT2D eigenvalue weighted by atomic mass is 10.0. The van der Waals surface area contributed by atoms with Crippen molar-refractivity contribution in [2.45, 2.75) is 19.3 Å². The van der Waals surface area contributed by atoms with E-state index in [0.29, 0.717) is 18.0 Å². The van der Waals surface area contributed by atoms with E-state index in [1.54, 1.807) is 0 Å². The lowest BCUT2D eigenvalue weighted by Crippen LogP contribution is -1.96. The molecule has 84 valence electrons. The van der Waals surface area contributed by atoms with E-state index in [-0.39, 0.29) is 6.42 Å². The summed E-state index contributed by atoms with van der Waals surface area (Å²) in [7, 11) is 0. The first-order valence-corrected chi connectivity index (χ1v) is 5.39. The number of aliphatic carboxylic acids is 1. The van der Waals surface area contributed by atoms with Gasteiger partial charge in [0.2, 0.25) is 0 Å². The number of rotatable bonds is 4. The number of halogens is 1. The molecule has 0 unspecified atom stereocenters. The molecule has 0 atom stereocenters. The van der Waals surface area contributed by atoms with Gasteiger partial charge in [-0.15, -0.1) is 0 Å². The highest BCUT2D eigenvalue weighted by molar-refractivity contribution is 6.34. The first-order chi connectivity index (χ1) is 7.68. The Morgan fingerprint density at radius 3 is 3.06 bits per heavy atom. The van der Waals surface area contributed by atoms with Crippen molar-refractivity contribution in [2.24, 2.45) is 0 Å². The number of nitrogens with zero attached hydrogens (tertiary/aromatic N) is 1. The van der Waals surface area contributed by atoms with Crippen molar-refractivity contribution in [1.29, 1.82) is 0 Å². The molecule has 2 rings (SSSR count). The summed E-state index contributed by atoms with van der Waals surface area (Å²) in [5.41, 5.74) is 1.86. The number of fused-ring (bicyclic) bond motifs is 1. The van der Waals surface area contributed by atoms with Gasteiger partial charge in [0.1, 0.15) is 5.15 Å². The van der Waals surface area contributed by atoms with E-state index in [0.717, 1.165) is 16.5 Å². The molecular weight excluding hydrogens is 228 g/mol. The van der Waals surface area contributed by atoms with Crippen molar-refractivity contribution in [3.63, 3.8) is 0 Å². The summed E-state index contributed by atoms with van der Waals surface area (Å²) in [6.45, 7) is 0. The minimum atomic E-state index is -0.773. The fourth-order valence-corrected chi connectivity index (χ4v) is 2.00. The molecule has 1 aromatic carbocycles. The maximum atomic E-state index is 10.4. The van der Waals surface area contributed by atoms with Gasteiger partial charge in [-0.2, -0.15) is 5.10 Å². The maximum Gasteiger partial charge on any atom is 0.303 e. The Morgan fingerprint density at radius 2 is 2.31 bits per heavy atom. The zero-order valence-electron chi connectivity index (χ0n) is 8.53. The van der Waals surface area contributed by atoms with Gasteiger partial charge in [-0.3, -0.25) is 9.89 Å². The summed E-state index contributed by atoms with van der Waals surface area (Å²) < 4.78 is 0. The molecule has 0 saturated heterocycles. The number of H-pyrrole nitrogens is 1. The molecule has 1 heterocycles. The molecule has 0 radical (unpaired) electrons. The quantitative estimate of drug-likeness (QED) is 0.861. The normalized spacial score (nSPS) is 10.8. The molecule has 2 aromatic rings. The third-order valence-electron chi connectivity index (χ3n) is 2.46. The molecule has 0 fully saturated rings. The zero-order valence-corrected chi connectivity index (χ0v) is 9.29. The van der Waals surface area contributed by atoms with Gasteiger partial charge in [0.15, 0.2) is 0 Å². The number of nitrogens with one attached hydrogen (secondary N) is 1. The van der Waals surface area contributed by atoms with Crippen molar-refractivity contribution in [3.05, 3.63) is 28.9 Å². The minimum Gasteiger partial charge on any atom is -0.481 e. The van der Waals surface area contributed by atoms with Crippen LogP contribution < -0.4 is 0 Å². The van der Waals surface area contributed by atoms with Gasteiger partial charge >= 0.3 is 5.97 Å². The third kappa shape index (κ3) is 2.17. The smallest absolute Gasteiger partial charge is 0.303 e. The SMILES string of the molecule is O=C(O)CCCc1cccc2n[nH]c(Cl)c12. The average Bonchev–Trinajstić information content (AvgIpc) is 2.61. The molecule has 2 N–H and O–H groups in total. The fraction of sp³-hybridized carbons (Fsp3) is 0.273. The summed E-state index contributed by atoms with van der Waals surface area (Å²) in [5, 5.41) is 16.8. The standard InChI is InChI=1S/C11H11ClN2O2/c12-11-10-7(4-2-6-9(15)16)3-1-5-8(10)13-14-11/h1,3,5H,2,4,6H2,(H,13,14)(H,15,16). The number of benzene rings is 1. The Hall–Kier alpha value is -1.55. The van der Waals surface area contributed by atoms with Crippen LogP contribution in [0.2, 0.25) is 5.15 Å². The summed E-state index contributed by atoms with van der Waals surface area (Å²) in [6.07, 6.45) is 1.48. The molecule has 5 heteroatoms. The first-order valence-electron chi connectivity index (χ1n) is 5.02. The fourth-order valence-electron chi connectivity index (χ4n) is 1.74. The summed E-state index contributed by atoms with van der Waals surface area (Å²) in [6, 6.07) is 5.72. The third-order valence-corrected chi connectivity index (χ3v) is 2.73. The van der Waals surface area contributed by atoms with Gasteiger partial charge in [0.25, 0.3) is 0 Å². The van der Waals surface area contributed by atoms with Crippen LogP contribution in [-0.2, 0) is 11.2 Å². The molecule has 4 nitrogen and oxygen atoms in total. The van der Waals surface area contributed by atoms with Crippen LogP contribution >= 0.6 is 11.6 Å². The van der Waals surface area contributed by atoms with Crippen molar-refractivity contribution in [3.8, 4) is 0 Å². The molecular formula is C11H11ClN2O2. The van der Waals surface area contributed by atoms with Gasteiger partial charge in [-0.1, -0.05) is 23.7 Å². The second-order valence-corrected chi connectivity index (χ2v) is 3.97. The van der Waals surface area contributed by atoms with Gasteiger partial charge in [0.05, 0.1) is 5.52 Å². The lowest BCUT2D eigenvalue weighted by molar-refractivity contribution is -0.137. The van der Waals surface area contributed by atoms with Crippen molar-refractivity contribution in [1.82, 2.24) is 10.2 Å². The van der Waals surface area contributed by atoms with Crippen LogP contribution in [0.3, 0.4) is 0 Å². The van der Waals surface area contributed by atoms with E-state index in [9.17, 15) is 4.79 Å². The van der Waals surface area contributed by atoms with E-state index >= 15 is 0 Å². The number of hydrogen-bond acceptors (Lipinski definition) is 2. The topological polar surface area (TPSA) is 66.0 Å². The second kappa shape index (κ2) is 4.53. The van der Waals surface area contributed by atoms with Gasteiger partial charge in [-0.25, -0.2) is 0 Å². The Labute approximate surface area is 97.2 Å². The van der Waals surface area contributed by atoms with Crippen LogP contribution in [0.25, 0.3) is 10.9 Å². The average molecular weight is 239 g/mol. The molecule has 0 amide bonds. The molecule has 0 aliphatic heterocycles. The Kier molecular flexibility index (Phi) is 3.10. The van der Waals surface area contributed by atoms with Crippen molar-refractivity contribution in [2.75, 3.05) is 0 Å². The summed E-state index contributed by atoms with van der Waals surface area (Å²) >= 11 is 5.98. The number of aryl methyl sites for hydroxylation is 1. The molecule has 1 aromatic heterocycles. The zero-order chi connectivity index (χ0) is 11.5. The monoisotopic (exact) mass is 238 g/mol. The van der Waals surface area contributed by atoms with Gasteiger partial charge in [-0.05, 0) is 24.5 Å². The Morgan fingerprint density at radius 1 is 1.50 bits per heavy atom. The Balaban J connectivity index is 2.23. The predicted molar refractivity (Wildman–Crippen MR) is 61.7 cm³/mol.